The van der Waals surface area contributed by atoms with Crippen LogP contribution in [0.3, 0.4) is 0 Å². The summed E-state index contributed by atoms with van der Waals surface area (Å²) in [5.41, 5.74) is 0.394. The summed E-state index contributed by atoms with van der Waals surface area (Å²) in [5, 5.41) is 0. The van der Waals surface area contributed by atoms with Gasteiger partial charge in [-0.15, -0.1) is 0 Å². The molecule has 2 rings (SSSR count). The van der Waals surface area contributed by atoms with Crippen molar-refractivity contribution in [1.82, 2.24) is 4.90 Å². The van der Waals surface area contributed by atoms with E-state index in [1.807, 2.05) is 0 Å². The van der Waals surface area contributed by atoms with Gasteiger partial charge in [0.25, 0.3) is 0 Å². The molecule has 0 saturated carbocycles. The van der Waals surface area contributed by atoms with E-state index in [1.54, 1.807) is 0 Å². The molecule has 0 bridgehead atoms. The van der Waals surface area contributed by atoms with E-state index >= 15 is 0 Å². The monoisotopic (exact) mass is 283 g/mol. The van der Waals surface area contributed by atoms with Gasteiger partial charge in [-0.2, -0.15) is 0 Å². The largest absolute Gasteiger partial charge is 0.350 e. The first-order valence-corrected chi connectivity index (χ1v) is 8.42. The highest BCUT2D eigenvalue weighted by atomic mass is 16.7. The van der Waals surface area contributed by atoms with Crippen molar-refractivity contribution in [2.45, 2.75) is 72.2 Å². The summed E-state index contributed by atoms with van der Waals surface area (Å²) in [7, 11) is 0. The Morgan fingerprint density at radius 3 is 2.50 bits per heavy atom. The van der Waals surface area contributed by atoms with Gasteiger partial charge in [0, 0.05) is 13.0 Å². The third-order valence-electron chi connectivity index (χ3n) is 4.28. The van der Waals surface area contributed by atoms with Gasteiger partial charge in [-0.1, -0.05) is 34.1 Å². The molecule has 3 atom stereocenters. The van der Waals surface area contributed by atoms with E-state index < -0.39 is 0 Å². The molecule has 0 N–H and O–H groups in total. The van der Waals surface area contributed by atoms with E-state index in [0.717, 1.165) is 19.6 Å². The number of nitrogens with zero attached hydrogens (tertiary/aromatic N) is 1. The van der Waals surface area contributed by atoms with Crippen molar-refractivity contribution in [1.29, 1.82) is 0 Å². The number of likely N-dealkylation sites (tertiary alicyclic amines) is 1. The Bertz CT molecular complexity index is 281. The fourth-order valence-corrected chi connectivity index (χ4v) is 3.61. The molecule has 2 aliphatic rings. The maximum absolute atomic E-state index is 6.09. The minimum atomic E-state index is 0.0298. The molecule has 0 radical (unpaired) electrons. The predicted octanol–water partition coefficient (Wildman–Crippen LogP) is 3.68. The number of piperidine rings is 1. The highest BCUT2D eigenvalue weighted by molar-refractivity contribution is 4.75. The lowest BCUT2D eigenvalue weighted by Gasteiger charge is -2.28. The lowest BCUT2D eigenvalue weighted by Crippen LogP contribution is -2.37. The van der Waals surface area contributed by atoms with Crippen LogP contribution >= 0.6 is 0 Å². The van der Waals surface area contributed by atoms with Crippen LogP contribution in [0.4, 0.5) is 0 Å². The van der Waals surface area contributed by atoms with E-state index in [0.29, 0.717) is 17.4 Å². The van der Waals surface area contributed by atoms with E-state index in [1.165, 1.54) is 38.8 Å². The molecule has 0 aliphatic carbocycles. The van der Waals surface area contributed by atoms with Crippen LogP contribution in [0.5, 0.6) is 0 Å². The Morgan fingerprint density at radius 1 is 1.15 bits per heavy atom. The minimum absolute atomic E-state index is 0.0298. The molecule has 2 saturated heterocycles. The smallest absolute Gasteiger partial charge is 0.158 e. The van der Waals surface area contributed by atoms with Crippen molar-refractivity contribution in [3.8, 4) is 0 Å². The average Bonchev–Trinajstić information content (AvgIpc) is 2.75. The fourth-order valence-electron chi connectivity index (χ4n) is 3.61. The van der Waals surface area contributed by atoms with Crippen LogP contribution in [-0.2, 0) is 9.47 Å². The Hall–Kier alpha value is -0.120. The molecule has 0 aromatic carbocycles. The molecule has 0 amide bonds. The fraction of sp³-hybridized carbons (Fsp3) is 1.00. The SMILES string of the molecule is C[C@H](C[C@H]1OC[C@H](CN2CCCCC2)O1)CC(C)(C)C. The molecule has 3 heteroatoms. The Labute approximate surface area is 125 Å². The molecule has 3 nitrogen and oxygen atoms in total. The molecule has 0 aromatic rings. The number of rotatable bonds is 5. The second-order valence-electron chi connectivity index (χ2n) is 7.99. The Balaban J connectivity index is 1.66. The molecule has 0 unspecified atom stereocenters. The van der Waals surface area contributed by atoms with Crippen LogP contribution < -0.4 is 0 Å². The van der Waals surface area contributed by atoms with Crippen molar-refractivity contribution in [3.05, 3.63) is 0 Å². The van der Waals surface area contributed by atoms with Crippen molar-refractivity contribution < 1.29 is 9.47 Å². The molecular formula is C17H33NO2. The quantitative estimate of drug-likeness (QED) is 0.768. The topological polar surface area (TPSA) is 21.7 Å². The molecule has 2 heterocycles. The van der Waals surface area contributed by atoms with Crippen molar-refractivity contribution >= 4 is 0 Å². The summed E-state index contributed by atoms with van der Waals surface area (Å²) in [6.07, 6.45) is 6.67. The Morgan fingerprint density at radius 2 is 1.85 bits per heavy atom. The lowest BCUT2D eigenvalue weighted by atomic mass is 9.84. The number of hydrogen-bond acceptors (Lipinski definition) is 3. The molecule has 2 aliphatic heterocycles. The summed E-state index contributed by atoms with van der Waals surface area (Å²) >= 11 is 0. The van der Waals surface area contributed by atoms with Crippen molar-refractivity contribution in [2.24, 2.45) is 11.3 Å². The summed E-state index contributed by atoms with van der Waals surface area (Å²) < 4.78 is 11.9. The maximum atomic E-state index is 6.09. The van der Waals surface area contributed by atoms with Crippen molar-refractivity contribution in [3.63, 3.8) is 0 Å². The normalized spacial score (nSPS) is 30.6. The first kappa shape index (κ1) is 16.3. The van der Waals surface area contributed by atoms with Crippen LogP contribution in [-0.4, -0.2) is 43.5 Å². The van der Waals surface area contributed by atoms with Crippen molar-refractivity contribution in [2.75, 3.05) is 26.2 Å². The summed E-state index contributed by atoms with van der Waals surface area (Å²) in [5.74, 6) is 0.661. The van der Waals surface area contributed by atoms with Gasteiger partial charge in [0.15, 0.2) is 6.29 Å². The first-order valence-electron chi connectivity index (χ1n) is 8.42. The van der Waals surface area contributed by atoms with Crippen LogP contribution in [0.1, 0.15) is 59.8 Å². The van der Waals surface area contributed by atoms with Crippen LogP contribution in [0, 0.1) is 11.3 Å². The van der Waals surface area contributed by atoms with Crippen LogP contribution in [0.2, 0.25) is 0 Å². The third kappa shape index (κ3) is 5.71. The van der Waals surface area contributed by atoms with Crippen LogP contribution in [0.15, 0.2) is 0 Å². The van der Waals surface area contributed by atoms with Gasteiger partial charge in [-0.25, -0.2) is 0 Å². The third-order valence-corrected chi connectivity index (χ3v) is 4.28. The zero-order chi connectivity index (χ0) is 14.6. The predicted molar refractivity (Wildman–Crippen MR) is 82.8 cm³/mol. The molecular weight excluding hydrogens is 250 g/mol. The zero-order valence-corrected chi connectivity index (χ0v) is 13.9. The summed E-state index contributed by atoms with van der Waals surface area (Å²) in [6.45, 7) is 13.6. The molecule has 0 aromatic heterocycles. The van der Waals surface area contributed by atoms with Gasteiger partial charge in [0.05, 0.1) is 12.7 Å². The number of hydrogen-bond donors (Lipinski definition) is 0. The lowest BCUT2D eigenvalue weighted by molar-refractivity contribution is -0.0762. The van der Waals surface area contributed by atoms with Gasteiger partial charge < -0.3 is 14.4 Å². The molecule has 2 fully saturated rings. The maximum Gasteiger partial charge on any atom is 0.158 e. The summed E-state index contributed by atoms with van der Waals surface area (Å²) in [4.78, 5) is 2.54. The highest BCUT2D eigenvalue weighted by Crippen LogP contribution is 2.29. The van der Waals surface area contributed by atoms with Gasteiger partial charge in [0.1, 0.15) is 0 Å². The Kier molecular flexibility index (Phi) is 5.88. The summed E-state index contributed by atoms with van der Waals surface area (Å²) in [6, 6.07) is 0. The van der Waals surface area contributed by atoms with Gasteiger partial charge >= 0.3 is 0 Å². The van der Waals surface area contributed by atoms with Gasteiger partial charge in [0.2, 0.25) is 0 Å². The first-order chi connectivity index (χ1) is 9.42. The van der Waals surface area contributed by atoms with Gasteiger partial charge in [-0.3, -0.25) is 0 Å². The van der Waals surface area contributed by atoms with E-state index in [9.17, 15) is 0 Å². The van der Waals surface area contributed by atoms with Crippen LogP contribution in [0.25, 0.3) is 0 Å². The molecule has 118 valence electrons. The van der Waals surface area contributed by atoms with Gasteiger partial charge in [-0.05, 0) is 43.7 Å². The number of ether oxygens (including phenoxy) is 2. The second-order valence-corrected chi connectivity index (χ2v) is 7.99. The van der Waals surface area contributed by atoms with E-state index in [-0.39, 0.29) is 6.29 Å². The standard InChI is InChI=1S/C17H33NO2/c1-14(11-17(2,3)4)10-16-19-13-15(20-16)12-18-8-6-5-7-9-18/h14-16H,5-13H2,1-4H3/t14-,15+,16+/m1/s1. The zero-order valence-electron chi connectivity index (χ0n) is 13.9. The second kappa shape index (κ2) is 7.24. The van der Waals surface area contributed by atoms with E-state index in [4.69, 9.17) is 9.47 Å². The molecule has 0 spiro atoms. The molecule has 20 heavy (non-hydrogen) atoms. The van der Waals surface area contributed by atoms with E-state index in [2.05, 4.69) is 32.6 Å². The average molecular weight is 283 g/mol. The highest BCUT2D eigenvalue weighted by Gasteiger charge is 2.29. The minimum Gasteiger partial charge on any atom is -0.350 e.